The maximum absolute atomic E-state index is 5.47. The molecular weight excluding hydrogens is 223 g/mol. The summed E-state index contributed by atoms with van der Waals surface area (Å²) in [6.45, 7) is 0. The minimum atomic E-state index is 0.417. The second-order valence-electron chi connectivity index (χ2n) is 1.27. The lowest BCUT2D eigenvalue weighted by Gasteiger charge is -1.88. The average Bonchev–Trinajstić information content (AvgIpc) is 1.90. The molecule has 0 N–H and O–H groups in total. The van der Waals surface area contributed by atoms with E-state index in [1.54, 1.807) is 12.1 Å². The molecule has 0 spiro atoms. The third kappa shape index (κ3) is 2.12. The molecule has 1 aromatic rings. The molecule has 2 nitrogen and oxygen atoms in total. The Morgan fingerprint density at radius 1 is 1.44 bits per heavy atom. The quantitative estimate of drug-likeness (QED) is 0.734. The van der Waals surface area contributed by atoms with Crippen LogP contribution in [-0.4, -0.2) is 10.2 Å². The van der Waals surface area contributed by atoms with Crippen LogP contribution >= 0.6 is 36.6 Å². The Morgan fingerprint density at radius 2 is 2.22 bits per heavy atom. The number of aromatic nitrogens is 2. The fourth-order valence-electron chi connectivity index (χ4n) is 0.345. The number of hydrogen-bond donors (Lipinski definition) is 0. The van der Waals surface area contributed by atoms with Gasteiger partial charge in [0.05, 0.1) is 0 Å². The van der Waals surface area contributed by atoms with Gasteiger partial charge in [0.2, 0.25) is 0 Å². The van der Waals surface area contributed by atoms with E-state index in [2.05, 4.69) is 25.0 Å². The van der Waals surface area contributed by atoms with Crippen molar-refractivity contribution in [1.29, 1.82) is 0 Å². The minimum absolute atomic E-state index is 0.417. The van der Waals surface area contributed by atoms with E-state index in [-0.39, 0.29) is 0 Å². The Bertz CT molecular complexity index is 190. The normalized spacial score (nSPS) is 9.56. The average molecular weight is 225 g/mol. The number of halogens is 2. The highest BCUT2D eigenvalue weighted by atomic mass is 79.9. The van der Waals surface area contributed by atoms with Gasteiger partial charge in [-0.2, -0.15) is 0 Å². The van der Waals surface area contributed by atoms with Crippen LogP contribution in [0.4, 0.5) is 0 Å². The third-order valence-corrected chi connectivity index (χ3v) is 2.26. The molecule has 0 aliphatic rings. The summed E-state index contributed by atoms with van der Waals surface area (Å²) in [5, 5.41) is 8.57. The Kier molecular flexibility index (Phi) is 2.75. The summed E-state index contributed by atoms with van der Waals surface area (Å²) in [4.78, 5) is 0. The van der Waals surface area contributed by atoms with Gasteiger partial charge in [0, 0.05) is 0 Å². The molecule has 0 unspecified atom stereocenters. The molecule has 5 heteroatoms. The summed E-state index contributed by atoms with van der Waals surface area (Å²) in [5.41, 5.74) is 0. The van der Waals surface area contributed by atoms with Crippen LogP contribution in [0.3, 0.4) is 0 Å². The molecule has 0 saturated carbocycles. The molecule has 0 radical (unpaired) electrons. The van der Waals surface area contributed by atoms with Crippen molar-refractivity contribution in [2.24, 2.45) is 0 Å². The molecule has 0 saturated heterocycles. The highest BCUT2D eigenvalue weighted by Crippen LogP contribution is 2.21. The van der Waals surface area contributed by atoms with E-state index in [0.29, 0.717) is 5.15 Å². The summed E-state index contributed by atoms with van der Waals surface area (Å²) in [6, 6.07) is 3.48. The smallest absolute Gasteiger partial charge is 0.142 e. The molecule has 0 aromatic carbocycles. The van der Waals surface area contributed by atoms with Crippen LogP contribution < -0.4 is 0 Å². The zero-order valence-electron chi connectivity index (χ0n) is 4.21. The van der Waals surface area contributed by atoms with Crippen LogP contribution in [0.15, 0.2) is 17.2 Å². The van der Waals surface area contributed by atoms with Crippen LogP contribution in [0.1, 0.15) is 0 Å². The van der Waals surface area contributed by atoms with Crippen molar-refractivity contribution in [2.45, 2.75) is 5.03 Å². The number of hydrogen-bond acceptors (Lipinski definition) is 3. The van der Waals surface area contributed by atoms with Gasteiger partial charge in [0.25, 0.3) is 0 Å². The van der Waals surface area contributed by atoms with Crippen LogP contribution in [0.25, 0.3) is 0 Å². The van der Waals surface area contributed by atoms with Gasteiger partial charge in [-0.05, 0) is 37.1 Å². The Balaban J connectivity index is 2.88. The Hall–Kier alpha value is 0.200. The predicted molar refractivity (Wildman–Crippen MR) is 41.8 cm³/mol. The lowest BCUT2D eigenvalue weighted by molar-refractivity contribution is 0.933. The van der Waals surface area contributed by atoms with E-state index in [9.17, 15) is 0 Å². The monoisotopic (exact) mass is 224 g/mol. The Labute approximate surface area is 69.2 Å². The van der Waals surface area contributed by atoms with Gasteiger partial charge in [-0.25, -0.2) is 0 Å². The van der Waals surface area contributed by atoms with E-state index in [0.717, 1.165) is 5.03 Å². The number of nitrogens with zero attached hydrogens (tertiary/aromatic N) is 2. The van der Waals surface area contributed by atoms with E-state index in [1.165, 1.54) is 10.2 Å². The van der Waals surface area contributed by atoms with Gasteiger partial charge in [0.1, 0.15) is 5.03 Å². The molecule has 48 valence electrons. The second-order valence-corrected chi connectivity index (χ2v) is 3.20. The molecule has 0 atom stereocenters. The van der Waals surface area contributed by atoms with Crippen molar-refractivity contribution in [3.05, 3.63) is 17.3 Å². The highest BCUT2D eigenvalue weighted by Gasteiger charge is 1.91. The first-order valence-electron chi connectivity index (χ1n) is 2.11. The van der Waals surface area contributed by atoms with E-state index in [4.69, 9.17) is 11.6 Å². The maximum Gasteiger partial charge on any atom is 0.151 e. The van der Waals surface area contributed by atoms with Crippen molar-refractivity contribution in [1.82, 2.24) is 10.2 Å². The zero-order chi connectivity index (χ0) is 6.69. The molecule has 0 aliphatic heterocycles. The molecule has 0 fully saturated rings. The van der Waals surface area contributed by atoms with Gasteiger partial charge in [0.15, 0.2) is 5.15 Å². The topological polar surface area (TPSA) is 25.8 Å². The van der Waals surface area contributed by atoms with Gasteiger partial charge in [-0.1, -0.05) is 11.6 Å². The molecule has 0 aliphatic carbocycles. The molecule has 1 aromatic heterocycles. The maximum atomic E-state index is 5.47. The molecule has 0 bridgehead atoms. The summed E-state index contributed by atoms with van der Waals surface area (Å²) >= 11 is 8.62. The van der Waals surface area contributed by atoms with Gasteiger partial charge in [-0.15, -0.1) is 10.2 Å². The first-order valence-corrected chi connectivity index (χ1v) is 5.14. The second kappa shape index (κ2) is 3.39. The van der Waals surface area contributed by atoms with Gasteiger partial charge >= 0.3 is 0 Å². The summed E-state index contributed by atoms with van der Waals surface area (Å²) < 4.78 is 0. The summed E-state index contributed by atoms with van der Waals surface area (Å²) in [5.74, 6) is 0. The van der Waals surface area contributed by atoms with Gasteiger partial charge < -0.3 is 0 Å². The van der Waals surface area contributed by atoms with Crippen LogP contribution in [0.5, 0.6) is 0 Å². The first kappa shape index (κ1) is 7.31. The summed E-state index contributed by atoms with van der Waals surface area (Å²) in [7, 11) is 1.36. The molecule has 0 amide bonds. The largest absolute Gasteiger partial charge is 0.151 e. The minimum Gasteiger partial charge on any atom is -0.142 e. The van der Waals surface area contributed by atoms with E-state index in [1.807, 2.05) is 0 Å². The fourth-order valence-corrected chi connectivity index (χ4v) is 1.15. The highest BCUT2D eigenvalue weighted by molar-refractivity contribution is 9.50. The SMILES string of the molecule is Clc1ccc(SBr)nn1. The van der Waals surface area contributed by atoms with Crippen molar-refractivity contribution < 1.29 is 0 Å². The van der Waals surface area contributed by atoms with Crippen molar-refractivity contribution >= 4 is 36.6 Å². The standard InChI is InChI=1S/C4H2BrClN2S/c5-9-4-2-1-3(6)7-8-4/h1-2H. The zero-order valence-corrected chi connectivity index (χ0v) is 7.37. The van der Waals surface area contributed by atoms with Crippen molar-refractivity contribution in [3.63, 3.8) is 0 Å². The lowest BCUT2D eigenvalue weighted by atomic mass is 10.6. The number of rotatable bonds is 1. The van der Waals surface area contributed by atoms with Crippen LogP contribution in [0.2, 0.25) is 5.15 Å². The van der Waals surface area contributed by atoms with Crippen molar-refractivity contribution in [3.8, 4) is 0 Å². The molecule has 1 heterocycles. The van der Waals surface area contributed by atoms with Crippen molar-refractivity contribution in [2.75, 3.05) is 0 Å². The molecule has 1 rings (SSSR count). The third-order valence-electron chi connectivity index (χ3n) is 0.687. The van der Waals surface area contributed by atoms with Gasteiger partial charge in [-0.3, -0.25) is 0 Å². The lowest BCUT2D eigenvalue weighted by Crippen LogP contribution is -1.81. The Morgan fingerprint density at radius 3 is 2.67 bits per heavy atom. The van der Waals surface area contributed by atoms with E-state index >= 15 is 0 Å². The fraction of sp³-hybridized carbons (Fsp3) is 0. The van der Waals surface area contributed by atoms with E-state index < -0.39 is 0 Å². The van der Waals surface area contributed by atoms with Crippen LogP contribution in [-0.2, 0) is 0 Å². The summed E-state index contributed by atoms with van der Waals surface area (Å²) in [6.07, 6.45) is 0. The molecule has 9 heavy (non-hydrogen) atoms. The molecular formula is C4H2BrClN2S. The van der Waals surface area contributed by atoms with Crippen LogP contribution in [0, 0.1) is 0 Å². The first-order chi connectivity index (χ1) is 4.33. The predicted octanol–water partition coefficient (Wildman–Crippen LogP) is 2.53.